The summed E-state index contributed by atoms with van der Waals surface area (Å²) in [6.07, 6.45) is 4.58. The summed E-state index contributed by atoms with van der Waals surface area (Å²) >= 11 is 12.3. The number of benzene rings is 1. The molecule has 5 heteroatoms. The van der Waals surface area contributed by atoms with Crippen molar-refractivity contribution in [2.75, 3.05) is 6.54 Å². The molecule has 0 aliphatic carbocycles. The van der Waals surface area contributed by atoms with Gasteiger partial charge in [-0.25, -0.2) is 0 Å². The van der Waals surface area contributed by atoms with Crippen LogP contribution in [-0.2, 0) is 13.2 Å². The van der Waals surface area contributed by atoms with E-state index in [0.717, 1.165) is 24.1 Å². The topological polar surface area (TPSA) is 34.1 Å². The van der Waals surface area contributed by atoms with Gasteiger partial charge in [-0.1, -0.05) is 36.2 Å². The maximum absolute atomic E-state index is 6.26. The van der Waals surface area contributed by atoms with Crippen LogP contribution in [0.15, 0.2) is 36.7 Å². The van der Waals surface area contributed by atoms with Crippen molar-refractivity contribution in [1.82, 2.24) is 10.3 Å². The Morgan fingerprint density at radius 3 is 2.86 bits per heavy atom. The van der Waals surface area contributed by atoms with Crippen LogP contribution in [0.4, 0.5) is 0 Å². The van der Waals surface area contributed by atoms with Gasteiger partial charge < -0.3 is 10.1 Å². The van der Waals surface area contributed by atoms with Crippen LogP contribution in [0.2, 0.25) is 10.0 Å². The van der Waals surface area contributed by atoms with Gasteiger partial charge in [0, 0.05) is 35.1 Å². The van der Waals surface area contributed by atoms with Gasteiger partial charge in [0.15, 0.2) is 0 Å². The van der Waals surface area contributed by atoms with Gasteiger partial charge in [0.1, 0.15) is 12.4 Å². The third-order valence-corrected chi connectivity index (χ3v) is 3.43. The molecule has 0 atom stereocenters. The first kappa shape index (κ1) is 16.1. The predicted octanol–water partition coefficient (Wildman–Crippen LogP) is 4.47. The summed E-state index contributed by atoms with van der Waals surface area (Å²) in [5.41, 5.74) is 1.96. The van der Waals surface area contributed by atoms with Crippen molar-refractivity contribution in [3.63, 3.8) is 0 Å². The fourth-order valence-corrected chi connectivity index (χ4v) is 2.54. The quantitative estimate of drug-likeness (QED) is 0.763. The highest BCUT2D eigenvalue weighted by Crippen LogP contribution is 2.33. The summed E-state index contributed by atoms with van der Waals surface area (Å²) in [6, 6.07) is 7.43. The van der Waals surface area contributed by atoms with E-state index >= 15 is 0 Å². The minimum Gasteiger partial charge on any atom is -0.487 e. The van der Waals surface area contributed by atoms with Crippen molar-refractivity contribution in [2.24, 2.45) is 0 Å². The van der Waals surface area contributed by atoms with Crippen LogP contribution in [0.1, 0.15) is 24.5 Å². The van der Waals surface area contributed by atoms with Crippen LogP contribution in [0.25, 0.3) is 0 Å². The molecule has 0 saturated heterocycles. The fraction of sp³-hybridized carbons (Fsp3) is 0.312. The summed E-state index contributed by atoms with van der Waals surface area (Å²) in [5.74, 6) is 0.675. The van der Waals surface area contributed by atoms with E-state index in [1.807, 2.05) is 18.2 Å². The second kappa shape index (κ2) is 8.23. The molecule has 0 aliphatic heterocycles. The molecule has 0 fully saturated rings. The zero-order valence-electron chi connectivity index (χ0n) is 11.9. The van der Waals surface area contributed by atoms with E-state index in [-0.39, 0.29) is 0 Å². The summed E-state index contributed by atoms with van der Waals surface area (Å²) in [4.78, 5) is 4.07. The average Bonchev–Trinajstić information content (AvgIpc) is 2.47. The first-order valence-electron chi connectivity index (χ1n) is 6.91. The number of nitrogens with one attached hydrogen (secondary N) is 1. The van der Waals surface area contributed by atoms with Crippen LogP contribution < -0.4 is 10.1 Å². The molecule has 1 aromatic carbocycles. The number of pyridine rings is 1. The number of hydrogen-bond donors (Lipinski definition) is 1. The molecule has 1 aromatic heterocycles. The lowest BCUT2D eigenvalue weighted by Gasteiger charge is -2.14. The monoisotopic (exact) mass is 324 g/mol. The van der Waals surface area contributed by atoms with Gasteiger partial charge in [-0.05, 0) is 31.2 Å². The Bertz CT molecular complexity index is 576. The molecule has 2 aromatic rings. The van der Waals surface area contributed by atoms with Crippen LogP contribution in [0.5, 0.6) is 5.75 Å². The molecule has 0 radical (unpaired) electrons. The summed E-state index contributed by atoms with van der Waals surface area (Å²) in [5, 5.41) is 4.48. The van der Waals surface area contributed by atoms with Crippen molar-refractivity contribution in [3.05, 3.63) is 57.8 Å². The first-order chi connectivity index (χ1) is 10.2. The maximum atomic E-state index is 6.26. The minimum absolute atomic E-state index is 0.427. The standard InChI is InChI=1S/C16H18Cl2N2O/c1-2-5-19-10-13-7-14(17)8-15(18)16(13)21-11-12-4-3-6-20-9-12/h3-4,6-9,19H,2,5,10-11H2,1H3. The van der Waals surface area contributed by atoms with Gasteiger partial charge in [0.05, 0.1) is 5.02 Å². The van der Waals surface area contributed by atoms with E-state index in [0.29, 0.717) is 28.9 Å². The number of hydrogen-bond acceptors (Lipinski definition) is 3. The zero-order chi connectivity index (χ0) is 15.1. The van der Waals surface area contributed by atoms with Crippen LogP contribution in [-0.4, -0.2) is 11.5 Å². The Morgan fingerprint density at radius 1 is 1.29 bits per heavy atom. The van der Waals surface area contributed by atoms with E-state index in [1.165, 1.54) is 0 Å². The molecule has 3 nitrogen and oxygen atoms in total. The number of aromatic nitrogens is 1. The van der Waals surface area contributed by atoms with Crippen LogP contribution in [0, 0.1) is 0 Å². The summed E-state index contributed by atoms with van der Waals surface area (Å²) < 4.78 is 5.87. The van der Waals surface area contributed by atoms with Gasteiger partial charge in [0.25, 0.3) is 0 Å². The Kier molecular flexibility index (Phi) is 6.30. The number of halogens is 2. The highest BCUT2D eigenvalue weighted by atomic mass is 35.5. The predicted molar refractivity (Wildman–Crippen MR) is 87.0 cm³/mol. The molecule has 112 valence electrons. The van der Waals surface area contributed by atoms with Gasteiger partial charge in [-0.15, -0.1) is 0 Å². The zero-order valence-corrected chi connectivity index (χ0v) is 13.4. The molecule has 0 spiro atoms. The average molecular weight is 325 g/mol. The second-order valence-corrected chi connectivity index (χ2v) is 5.55. The molecular formula is C16H18Cl2N2O. The van der Waals surface area contributed by atoms with Crippen molar-refractivity contribution in [3.8, 4) is 5.75 Å². The molecule has 0 saturated carbocycles. The lowest BCUT2D eigenvalue weighted by Crippen LogP contribution is -2.15. The third-order valence-electron chi connectivity index (χ3n) is 2.93. The molecule has 0 bridgehead atoms. The molecule has 21 heavy (non-hydrogen) atoms. The Hall–Kier alpha value is -1.29. The largest absolute Gasteiger partial charge is 0.487 e. The lowest BCUT2D eigenvalue weighted by molar-refractivity contribution is 0.302. The lowest BCUT2D eigenvalue weighted by atomic mass is 10.2. The summed E-state index contributed by atoms with van der Waals surface area (Å²) in [6.45, 7) is 4.16. The number of ether oxygens (including phenoxy) is 1. The first-order valence-corrected chi connectivity index (χ1v) is 7.66. The van der Waals surface area contributed by atoms with Crippen molar-refractivity contribution < 1.29 is 4.74 Å². The van der Waals surface area contributed by atoms with Crippen LogP contribution >= 0.6 is 23.2 Å². The van der Waals surface area contributed by atoms with Gasteiger partial charge in [0.2, 0.25) is 0 Å². The molecule has 0 unspecified atom stereocenters. The Morgan fingerprint density at radius 2 is 2.14 bits per heavy atom. The van der Waals surface area contributed by atoms with Crippen molar-refractivity contribution in [2.45, 2.75) is 26.5 Å². The van der Waals surface area contributed by atoms with E-state index in [9.17, 15) is 0 Å². The second-order valence-electron chi connectivity index (χ2n) is 4.70. The van der Waals surface area contributed by atoms with Gasteiger partial charge in [-0.2, -0.15) is 0 Å². The highest BCUT2D eigenvalue weighted by molar-refractivity contribution is 6.35. The smallest absolute Gasteiger partial charge is 0.142 e. The normalized spacial score (nSPS) is 10.6. The highest BCUT2D eigenvalue weighted by Gasteiger charge is 2.11. The van der Waals surface area contributed by atoms with E-state index in [4.69, 9.17) is 27.9 Å². The van der Waals surface area contributed by atoms with E-state index < -0.39 is 0 Å². The molecule has 0 aliphatic rings. The van der Waals surface area contributed by atoms with Crippen molar-refractivity contribution >= 4 is 23.2 Å². The van der Waals surface area contributed by atoms with Crippen molar-refractivity contribution in [1.29, 1.82) is 0 Å². The fourth-order valence-electron chi connectivity index (χ4n) is 1.95. The van der Waals surface area contributed by atoms with Gasteiger partial charge >= 0.3 is 0 Å². The SMILES string of the molecule is CCCNCc1cc(Cl)cc(Cl)c1OCc1cccnc1. The maximum Gasteiger partial charge on any atom is 0.142 e. The Labute approximate surface area is 135 Å². The number of nitrogens with zero attached hydrogens (tertiary/aromatic N) is 1. The number of rotatable bonds is 7. The molecule has 2 rings (SSSR count). The third kappa shape index (κ3) is 4.88. The van der Waals surface area contributed by atoms with E-state index in [1.54, 1.807) is 18.5 Å². The molecule has 1 N–H and O–H groups in total. The summed E-state index contributed by atoms with van der Waals surface area (Å²) in [7, 11) is 0. The Balaban J connectivity index is 2.12. The molecule has 0 amide bonds. The minimum atomic E-state index is 0.427. The van der Waals surface area contributed by atoms with Gasteiger partial charge in [-0.3, -0.25) is 4.98 Å². The van der Waals surface area contributed by atoms with E-state index in [2.05, 4.69) is 17.2 Å². The molecule has 1 heterocycles. The van der Waals surface area contributed by atoms with Crippen LogP contribution in [0.3, 0.4) is 0 Å². The molecular weight excluding hydrogens is 307 g/mol.